The number of methoxy groups -OCH3 is 3. The largest absolute Gasteiger partial charge is 0.493 e. The fourth-order valence-corrected chi connectivity index (χ4v) is 5.14. The van der Waals surface area contributed by atoms with Crippen LogP contribution in [0.2, 0.25) is 10.0 Å². The van der Waals surface area contributed by atoms with Gasteiger partial charge in [0, 0.05) is 20.6 Å². The summed E-state index contributed by atoms with van der Waals surface area (Å²) in [4.78, 5) is 31.5. The topological polar surface area (TPSA) is 101 Å². The van der Waals surface area contributed by atoms with Gasteiger partial charge in [-0.15, -0.1) is 0 Å². The molecular weight excluding hydrogens is 661 g/mol. The Balaban J connectivity index is 1.64. The SMILES string of the molecule is COc1cc(-c2nc3ccccc3c(=O)n2N=Cc2cc(Br)ccc2OC(=O)c2ccc(Cl)cc2Cl)cc(OC)c1OC. The van der Waals surface area contributed by atoms with Crippen molar-refractivity contribution in [1.29, 1.82) is 0 Å². The number of nitrogens with zero attached hydrogens (tertiary/aromatic N) is 3. The van der Waals surface area contributed by atoms with Gasteiger partial charge in [0.25, 0.3) is 5.56 Å². The van der Waals surface area contributed by atoms with Crippen LogP contribution in [0.1, 0.15) is 15.9 Å². The van der Waals surface area contributed by atoms with Gasteiger partial charge in [-0.05, 0) is 60.7 Å². The number of hydrogen-bond donors (Lipinski definition) is 0. The molecule has 0 spiro atoms. The second kappa shape index (κ2) is 12.9. The second-order valence-corrected chi connectivity index (χ2v) is 10.7. The number of fused-ring (bicyclic) bond motifs is 1. The van der Waals surface area contributed by atoms with Crippen molar-refractivity contribution in [2.24, 2.45) is 5.10 Å². The Bertz CT molecular complexity index is 1940. The molecule has 0 N–H and O–H groups in total. The van der Waals surface area contributed by atoms with E-state index in [2.05, 4.69) is 21.0 Å². The van der Waals surface area contributed by atoms with E-state index >= 15 is 0 Å². The molecule has 4 aromatic carbocycles. The molecule has 0 bridgehead atoms. The van der Waals surface area contributed by atoms with Gasteiger partial charge >= 0.3 is 5.97 Å². The summed E-state index contributed by atoms with van der Waals surface area (Å²) in [6, 6.07) is 19.7. The van der Waals surface area contributed by atoms with E-state index in [0.717, 1.165) is 4.68 Å². The van der Waals surface area contributed by atoms with Crippen LogP contribution in [0.5, 0.6) is 23.0 Å². The number of esters is 1. The highest BCUT2D eigenvalue weighted by Crippen LogP contribution is 2.41. The first-order valence-corrected chi connectivity index (χ1v) is 14.1. The van der Waals surface area contributed by atoms with Crippen molar-refractivity contribution in [1.82, 2.24) is 9.66 Å². The monoisotopic (exact) mass is 681 g/mol. The summed E-state index contributed by atoms with van der Waals surface area (Å²) in [5.41, 5.74) is 1.06. The van der Waals surface area contributed by atoms with E-state index in [1.54, 1.807) is 54.6 Å². The van der Waals surface area contributed by atoms with E-state index in [9.17, 15) is 9.59 Å². The normalized spacial score (nSPS) is 11.1. The summed E-state index contributed by atoms with van der Waals surface area (Å²) in [6.07, 6.45) is 1.40. The van der Waals surface area contributed by atoms with Crippen molar-refractivity contribution in [2.75, 3.05) is 21.3 Å². The molecule has 12 heteroatoms. The average molecular weight is 683 g/mol. The number of halogens is 3. The van der Waals surface area contributed by atoms with E-state index in [1.807, 2.05) is 0 Å². The van der Waals surface area contributed by atoms with Gasteiger partial charge < -0.3 is 18.9 Å². The van der Waals surface area contributed by atoms with E-state index in [1.165, 1.54) is 45.7 Å². The minimum absolute atomic E-state index is 0.136. The highest BCUT2D eigenvalue weighted by atomic mass is 79.9. The van der Waals surface area contributed by atoms with Crippen LogP contribution in [-0.4, -0.2) is 43.2 Å². The first kappa shape index (κ1) is 30.1. The maximum atomic E-state index is 13.8. The molecule has 0 aliphatic carbocycles. The highest BCUT2D eigenvalue weighted by Gasteiger charge is 2.20. The maximum absolute atomic E-state index is 13.8. The Kier molecular flexibility index (Phi) is 9.00. The Morgan fingerprint density at radius 3 is 2.30 bits per heavy atom. The number of hydrogen-bond acceptors (Lipinski definition) is 8. The van der Waals surface area contributed by atoms with Gasteiger partial charge in [-0.3, -0.25) is 4.79 Å². The average Bonchev–Trinajstić information content (AvgIpc) is 3.00. The molecule has 0 radical (unpaired) electrons. The maximum Gasteiger partial charge on any atom is 0.345 e. The third kappa shape index (κ3) is 6.22. The standard InChI is InChI=1S/C31H22BrCl2N3O6/c1-40-26-13-17(14-27(41-2)28(26)42-3)29-36-24-7-5-4-6-22(24)30(38)37(29)35-16-18-12-19(32)8-11-25(18)43-31(39)21-10-9-20(33)15-23(21)34/h4-16H,1-3H3. The molecule has 5 rings (SSSR count). The first-order valence-electron chi connectivity index (χ1n) is 12.6. The molecule has 0 aliphatic heterocycles. The zero-order valence-corrected chi connectivity index (χ0v) is 26.0. The fourth-order valence-electron chi connectivity index (χ4n) is 4.27. The summed E-state index contributed by atoms with van der Waals surface area (Å²) in [6.45, 7) is 0. The molecule has 1 heterocycles. The van der Waals surface area contributed by atoms with E-state index in [0.29, 0.717) is 48.8 Å². The van der Waals surface area contributed by atoms with Crippen molar-refractivity contribution >= 4 is 62.2 Å². The predicted octanol–water partition coefficient (Wildman–Crippen LogP) is 7.26. The van der Waals surface area contributed by atoms with Gasteiger partial charge in [0.2, 0.25) is 5.75 Å². The zero-order chi connectivity index (χ0) is 30.7. The van der Waals surface area contributed by atoms with Gasteiger partial charge in [-0.2, -0.15) is 9.78 Å². The molecule has 0 saturated carbocycles. The van der Waals surface area contributed by atoms with Crippen molar-refractivity contribution in [3.8, 4) is 34.4 Å². The number of rotatable bonds is 8. The van der Waals surface area contributed by atoms with Gasteiger partial charge in [0.1, 0.15) is 5.75 Å². The number of para-hydroxylation sites is 1. The molecule has 0 atom stereocenters. The predicted molar refractivity (Wildman–Crippen MR) is 170 cm³/mol. The molecule has 0 unspecified atom stereocenters. The third-order valence-electron chi connectivity index (χ3n) is 6.31. The Morgan fingerprint density at radius 2 is 1.63 bits per heavy atom. The van der Waals surface area contributed by atoms with Crippen LogP contribution in [0.3, 0.4) is 0 Å². The lowest BCUT2D eigenvalue weighted by Crippen LogP contribution is -2.20. The summed E-state index contributed by atoms with van der Waals surface area (Å²) in [5.74, 6) is 0.822. The van der Waals surface area contributed by atoms with Gasteiger partial charge in [0.05, 0.1) is 49.0 Å². The molecule has 0 amide bonds. The third-order valence-corrected chi connectivity index (χ3v) is 7.36. The first-order chi connectivity index (χ1) is 20.7. The Hall–Kier alpha value is -4.38. The van der Waals surface area contributed by atoms with Crippen LogP contribution < -0.4 is 24.5 Å². The van der Waals surface area contributed by atoms with Gasteiger partial charge in [-0.1, -0.05) is 51.3 Å². The number of aromatic nitrogens is 2. The van der Waals surface area contributed by atoms with Gasteiger partial charge in [-0.25, -0.2) is 9.78 Å². The minimum atomic E-state index is -0.693. The molecule has 5 aromatic rings. The van der Waals surface area contributed by atoms with E-state index < -0.39 is 11.5 Å². The summed E-state index contributed by atoms with van der Waals surface area (Å²) >= 11 is 15.6. The van der Waals surface area contributed by atoms with Crippen LogP contribution in [-0.2, 0) is 0 Å². The van der Waals surface area contributed by atoms with Crippen LogP contribution >= 0.6 is 39.1 Å². The number of ether oxygens (including phenoxy) is 4. The highest BCUT2D eigenvalue weighted by molar-refractivity contribution is 9.10. The smallest absolute Gasteiger partial charge is 0.345 e. The van der Waals surface area contributed by atoms with Crippen LogP contribution in [0.25, 0.3) is 22.3 Å². The molecule has 1 aromatic heterocycles. The molecule has 0 fully saturated rings. The van der Waals surface area contributed by atoms with Crippen LogP contribution in [0, 0.1) is 0 Å². The lowest BCUT2D eigenvalue weighted by Gasteiger charge is -2.15. The second-order valence-electron chi connectivity index (χ2n) is 8.92. The summed E-state index contributed by atoms with van der Waals surface area (Å²) < 4.78 is 24.0. The summed E-state index contributed by atoms with van der Waals surface area (Å²) in [7, 11) is 4.48. The number of benzene rings is 4. The molecule has 43 heavy (non-hydrogen) atoms. The van der Waals surface area contributed by atoms with Crippen molar-refractivity contribution < 1.29 is 23.7 Å². The Labute approximate surface area is 264 Å². The molecule has 0 saturated heterocycles. The van der Waals surface area contributed by atoms with Crippen molar-refractivity contribution in [3.63, 3.8) is 0 Å². The summed E-state index contributed by atoms with van der Waals surface area (Å²) in [5, 5.41) is 5.40. The molecule has 218 valence electrons. The minimum Gasteiger partial charge on any atom is -0.493 e. The van der Waals surface area contributed by atoms with Crippen LogP contribution in [0.15, 0.2) is 87.2 Å². The van der Waals surface area contributed by atoms with E-state index in [-0.39, 0.29) is 22.2 Å². The number of carbonyl (C=O) groups excluding carboxylic acids is 1. The molecule has 0 aliphatic rings. The molecular formula is C31H22BrCl2N3O6. The molecule has 9 nitrogen and oxygen atoms in total. The van der Waals surface area contributed by atoms with Crippen molar-refractivity contribution in [2.45, 2.75) is 0 Å². The lowest BCUT2D eigenvalue weighted by molar-refractivity contribution is 0.0734. The quantitative estimate of drug-likeness (QED) is 0.0965. The Morgan fingerprint density at radius 1 is 0.907 bits per heavy atom. The van der Waals surface area contributed by atoms with Crippen LogP contribution in [0.4, 0.5) is 0 Å². The lowest BCUT2D eigenvalue weighted by atomic mass is 10.1. The number of carbonyl (C=O) groups is 1. The van der Waals surface area contributed by atoms with E-state index in [4.69, 9.17) is 47.1 Å². The van der Waals surface area contributed by atoms with Gasteiger partial charge in [0.15, 0.2) is 17.3 Å². The van der Waals surface area contributed by atoms with Crippen molar-refractivity contribution in [3.05, 3.63) is 109 Å². The fraction of sp³-hybridized carbons (Fsp3) is 0.0968. The zero-order valence-electron chi connectivity index (χ0n) is 22.9.